The van der Waals surface area contributed by atoms with Crippen LogP contribution in [0.5, 0.6) is 5.88 Å². The van der Waals surface area contributed by atoms with Gasteiger partial charge in [0.15, 0.2) is 5.65 Å². The molecule has 0 spiro atoms. The zero-order valence-corrected chi connectivity index (χ0v) is 17.2. The zero-order valence-electron chi connectivity index (χ0n) is 17.2. The molecule has 30 heavy (non-hydrogen) atoms. The fraction of sp³-hybridized carbons (Fsp3) is 0.208. The Kier molecular flexibility index (Phi) is 5.23. The number of fused-ring (bicyclic) bond motifs is 1. The Morgan fingerprint density at radius 3 is 2.53 bits per heavy atom. The second kappa shape index (κ2) is 7.99. The Bertz CT molecular complexity index is 1230. The van der Waals surface area contributed by atoms with Gasteiger partial charge in [-0.15, -0.1) is 0 Å². The fourth-order valence-electron chi connectivity index (χ4n) is 3.73. The molecule has 2 aromatic carbocycles. The highest BCUT2D eigenvalue weighted by atomic mass is 16.5. The summed E-state index contributed by atoms with van der Waals surface area (Å²) < 4.78 is 7.24. The van der Waals surface area contributed by atoms with Crippen molar-refractivity contribution >= 4 is 11.6 Å². The van der Waals surface area contributed by atoms with Crippen molar-refractivity contribution in [2.24, 2.45) is 0 Å². The number of carboxylic acids is 1. The maximum Gasteiger partial charge on any atom is 0.336 e. The first-order valence-electron chi connectivity index (χ1n) is 9.85. The van der Waals surface area contributed by atoms with E-state index >= 15 is 0 Å². The highest BCUT2D eigenvalue weighted by Gasteiger charge is 2.17. The largest absolute Gasteiger partial charge is 0.481 e. The van der Waals surface area contributed by atoms with Gasteiger partial charge in [0.1, 0.15) is 0 Å². The average Bonchev–Trinajstić information content (AvgIpc) is 3.11. The molecule has 152 valence electrons. The minimum Gasteiger partial charge on any atom is -0.481 e. The summed E-state index contributed by atoms with van der Waals surface area (Å²) in [6.07, 6.45) is 1.48. The Balaban J connectivity index is 1.72. The van der Waals surface area contributed by atoms with E-state index in [1.165, 1.54) is 0 Å². The van der Waals surface area contributed by atoms with Crippen LogP contribution >= 0.6 is 0 Å². The molecule has 0 unspecified atom stereocenters. The molecule has 6 nitrogen and oxygen atoms in total. The smallest absolute Gasteiger partial charge is 0.336 e. The Morgan fingerprint density at radius 1 is 1.13 bits per heavy atom. The van der Waals surface area contributed by atoms with Crippen molar-refractivity contribution in [2.75, 3.05) is 7.11 Å². The number of hydrogen-bond acceptors (Lipinski definition) is 4. The van der Waals surface area contributed by atoms with Crippen LogP contribution in [-0.2, 0) is 12.8 Å². The van der Waals surface area contributed by atoms with Crippen LogP contribution < -0.4 is 4.74 Å². The second-order valence-corrected chi connectivity index (χ2v) is 7.18. The predicted octanol–water partition coefficient (Wildman–Crippen LogP) is 4.56. The topological polar surface area (TPSA) is 76.7 Å². The summed E-state index contributed by atoms with van der Waals surface area (Å²) in [5.74, 6) is -0.261. The molecule has 0 bridgehead atoms. The van der Waals surface area contributed by atoms with Gasteiger partial charge >= 0.3 is 5.97 Å². The molecule has 1 N–H and O–H groups in total. The third-order valence-corrected chi connectivity index (χ3v) is 5.21. The molecule has 6 heteroatoms. The molecule has 4 rings (SSSR count). The van der Waals surface area contributed by atoms with Crippen molar-refractivity contribution in [1.29, 1.82) is 0 Å². The number of aromatic nitrogens is 3. The molecular weight excluding hydrogens is 378 g/mol. The van der Waals surface area contributed by atoms with E-state index in [9.17, 15) is 9.90 Å². The molecule has 0 atom stereocenters. The van der Waals surface area contributed by atoms with Gasteiger partial charge in [0.05, 0.1) is 18.4 Å². The lowest BCUT2D eigenvalue weighted by Crippen LogP contribution is -2.00. The monoisotopic (exact) mass is 401 g/mol. The fourth-order valence-corrected chi connectivity index (χ4v) is 3.73. The number of ether oxygens (including phenoxy) is 1. The Morgan fingerprint density at radius 2 is 1.87 bits per heavy atom. The maximum absolute atomic E-state index is 11.5. The third kappa shape index (κ3) is 3.52. The first kappa shape index (κ1) is 19.6. The molecule has 0 amide bonds. The first-order chi connectivity index (χ1) is 14.5. The second-order valence-electron chi connectivity index (χ2n) is 7.18. The lowest BCUT2D eigenvalue weighted by Gasteiger charge is -2.08. The minimum absolute atomic E-state index is 0.299. The molecule has 0 fully saturated rings. The lowest BCUT2D eigenvalue weighted by molar-refractivity contribution is 0.0697. The molecule has 0 aliphatic heterocycles. The molecule has 0 radical (unpaired) electrons. The van der Waals surface area contributed by atoms with Crippen molar-refractivity contribution in [3.63, 3.8) is 0 Å². The van der Waals surface area contributed by atoms with Crippen LogP contribution in [0.2, 0.25) is 0 Å². The summed E-state index contributed by atoms with van der Waals surface area (Å²) in [6, 6.07) is 16.9. The van der Waals surface area contributed by atoms with Crippen LogP contribution in [0.4, 0.5) is 0 Å². The van der Waals surface area contributed by atoms with E-state index in [-0.39, 0.29) is 0 Å². The number of rotatable bonds is 6. The van der Waals surface area contributed by atoms with Crippen LogP contribution in [0.25, 0.3) is 16.8 Å². The standard InChI is InChI=1S/C24H23N3O3/c1-4-21-20(23-25-15(2)13-22(30-3)27(23)26-21)14-16-9-11-17(12-10-16)18-7-5-6-8-19(18)24(28)29/h5-13H,4,14H2,1-3H3,(H,28,29). The highest BCUT2D eigenvalue weighted by molar-refractivity contribution is 5.96. The van der Waals surface area contributed by atoms with Crippen molar-refractivity contribution in [1.82, 2.24) is 14.6 Å². The number of carbonyl (C=O) groups is 1. The van der Waals surface area contributed by atoms with Gasteiger partial charge in [-0.05, 0) is 36.1 Å². The van der Waals surface area contributed by atoms with E-state index < -0.39 is 5.97 Å². The van der Waals surface area contributed by atoms with E-state index in [0.29, 0.717) is 23.4 Å². The molecule has 0 saturated carbocycles. The minimum atomic E-state index is -0.927. The maximum atomic E-state index is 11.5. The van der Waals surface area contributed by atoms with E-state index in [2.05, 4.69) is 6.92 Å². The van der Waals surface area contributed by atoms with Gasteiger partial charge in [0, 0.05) is 23.7 Å². The van der Waals surface area contributed by atoms with Crippen LogP contribution in [0.3, 0.4) is 0 Å². The number of hydrogen-bond donors (Lipinski definition) is 1. The Labute approximate surface area is 174 Å². The highest BCUT2D eigenvalue weighted by Crippen LogP contribution is 2.27. The van der Waals surface area contributed by atoms with Crippen LogP contribution in [-0.4, -0.2) is 32.8 Å². The normalized spacial score (nSPS) is 11.0. The molecule has 2 heterocycles. The van der Waals surface area contributed by atoms with E-state index in [1.54, 1.807) is 23.8 Å². The molecule has 4 aromatic rings. The molecule has 0 aliphatic carbocycles. The molecule has 0 saturated heterocycles. The Hall–Kier alpha value is -3.67. The van der Waals surface area contributed by atoms with Gasteiger partial charge in [0.25, 0.3) is 0 Å². The number of aryl methyl sites for hydroxylation is 2. The predicted molar refractivity (Wildman–Crippen MR) is 115 cm³/mol. The van der Waals surface area contributed by atoms with Gasteiger partial charge in [0.2, 0.25) is 5.88 Å². The van der Waals surface area contributed by atoms with Crippen molar-refractivity contribution in [2.45, 2.75) is 26.7 Å². The van der Waals surface area contributed by atoms with Crippen LogP contribution in [0.15, 0.2) is 54.6 Å². The van der Waals surface area contributed by atoms with Gasteiger partial charge in [-0.2, -0.15) is 9.61 Å². The summed E-state index contributed by atoms with van der Waals surface area (Å²) in [7, 11) is 1.63. The number of nitrogens with zero attached hydrogens (tertiary/aromatic N) is 3. The van der Waals surface area contributed by atoms with Crippen molar-refractivity contribution in [3.8, 4) is 17.0 Å². The van der Waals surface area contributed by atoms with E-state index in [0.717, 1.165) is 40.1 Å². The molecular formula is C24H23N3O3. The van der Waals surface area contributed by atoms with E-state index in [1.807, 2.05) is 49.4 Å². The van der Waals surface area contributed by atoms with Crippen LogP contribution in [0, 0.1) is 6.92 Å². The third-order valence-electron chi connectivity index (χ3n) is 5.21. The molecule has 2 aromatic heterocycles. The first-order valence-corrected chi connectivity index (χ1v) is 9.85. The van der Waals surface area contributed by atoms with Crippen molar-refractivity contribution < 1.29 is 14.6 Å². The number of carboxylic acid groups (broad SMARTS) is 1. The zero-order chi connectivity index (χ0) is 21.3. The van der Waals surface area contributed by atoms with Crippen LogP contribution in [0.1, 0.15) is 39.8 Å². The quantitative estimate of drug-likeness (QED) is 0.512. The van der Waals surface area contributed by atoms with Crippen molar-refractivity contribution in [3.05, 3.63) is 82.7 Å². The number of aromatic carboxylic acids is 1. The SMILES string of the molecule is CCc1nn2c(OC)cc(C)nc2c1Cc1ccc(-c2ccccc2C(=O)O)cc1. The van der Waals surface area contributed by atoms with Gasteiger partial charge in [-0.25, -0.2) is 9.78 Å². The summed E-state index contributed by atoms with van der Waals surface area (Å²) >= 11 is 0. The summed E-state index contributed by atoms with van der Waals surface area (Å²) in [4.78, 5) is 16.2. The lowest BCUT2D eigenvalue weighted by atomic mass is 9.97. The number of methoxy groups -OCH3 is 1. The van der Waals surface area contributed by atoms with E-state index in [4.69, 9.17) is 14.8 Å². The van der Waals surface area contributed by atoms with Gasteiger partial charge in [-0.3, -0.25) is 0 Å². The summed E-state index contributed by atoms with van der Waals surface area (Å²) in [6.45, 7) is 4.02. The molecule has 0 aliphatic rings. The summed E-state index contributed by atoms with van der Waals surface area (Å²) in [5, 5.41) is 14.1. The van der Waals surface area contributed by atoms with Gasteiger partial charge in [-0.1, -0.05) is 49.4 Å². The average molecular weight is 401 g/mol. The summed E-state index contributed by atoms with van der Waals surface area (Å²) in [5.41, 5.74) is 6.76. The number of benzene rings is 2. The van der Waals surface area contributed by atoms with Gasteiger partial charge < -0.3 is 9.84 Å².